The Morgan fingerprint density at radius 2 is 1.25 bits per heavy atom. The maximum atomic E-state index is 11.3. The molecule has 0 saturated carbocycles. The highest BCUT2D eigenvalue weighted by atomic mass is 31.2. The number of rotatable bonds is 13. The first-order valence-electron chi connectivity index (χ1n) is 8.25. The Kier molecular flexibility index (Phi) is 11.0. The van der Waals surface area contributed by atoms with Gasteiger partial charge in [0.05, 0.1) is 0 Å². The molecular formula is C15H33BO3P. The van der Waals surface area contributed by atoms with Crippen molar-refractivity contribution < 1.29 is 14.4 Å². The molecule has 0 heterocycles. The van der Waals surface area contributed by atoms with Gasteiger partial charge in [0.1, 0.15) is 0 Å². The lowest BCUT2D eigenvalue weighted by Gasteiger charge is -2.29. The molecule has 119 valence electrons. The maximum absolute atomic E-state index is 11.3. The van der Waals surface area contributed by atoms with Gasteiger partial charge in [-0.15, -0.1) is 0 Å². The highest BCUT2D eigenvalue weighted by molar-refractivity contribution is 7.82. The molecule has 0 aromatic carbocycles. The van der Waals surface area contributed by atoms with E-state index in [0.717, 1.165) is 32.1 Å². The van der Waals surface area contributed by atoms with E-state index in [1.165, 1.54) is 45.5 Å². The fourth-order valence-electron chi connectivity index (χ4n) is 2.75. The normalized spacial score (nSPS) is 15.1. The van der Waals surface area contributed by atoms with Crippen molar-refractivity contribution in [3.63, 3.8) is 0 Å². The summed E-state index contributed by atoms with van der Waals surface area (Å²) in [5, 5.41) is -0.307. The van der Waals surface area contributed by atoms with Crippen LogP contribution in [0.15, 0.2) is 0 Å². The minimum absolute atomic E-state index is 0.307. The lowest BCUT2D eigenvalue weighted by molar-refractivity contribution is 0.386. The SMILES string of the molecule is CCCCCCCC(C)([B]P(=O)(O)O)CCCCCC. The van der Waals surface area contributed by atoms with E-state index in [4.69, 9.17) is 0 Å². The van der Waals surface area contributed by atoms with Crippen LogP contribution in [-0.2, 0) is 4.57 Å². The second kappa shape index (κ2) is 10.9. The molecule has 0 aliphatic carbocycles. The van der Waals surface area contributed by atoms with Gasteiger partial charge < -0.3 is 9.79 Å². The Balaban J connectivity index is 4.20. The van der Waals surface area contributed by atoms with Gasteiger partial charge in [0.25, 0.3) is 14.5 Å². The molecule has 0 aromatic rings. The number of hydrogen-bond donors (Lipinski definition) is 2. The summed E-state index contributed by atoms with van der Waals surface area (Å²) in [6, 6.07) is 0. The Morgan fingerprint density at radius 1 is 0.850 bits per heavy atom. The van der Waals surface area contributed by atoms with Gasteiger partial charge >= 0.3 is 0 Å². The van der Waals surface area contributed by atoms with Crippen LogP contribution in [0.2, 0.25) is 5.31 Å². The molecule has 0 amide bonds. The van der Waals surface area contributed by atoms with E-state index >= 15 is 0 Å². The van der Waals surface area contributed by atoms with Crippen molar-refractivity contribution in [3.8, 4) is 0 Å². The van der Waals surface area contributed by atoms with Crippen LogP contribution in [0, 0.1) is 0 Å². The fourth-order valence-corrected chi connectivity index (χ4v) is 3.82. The first-order valence-corrected chi connectivity index (χ1v) is 9.93. The number of unbranched alkanes of at least 4 members (excludes halogenated alkanes) is 7. The highest BCUT2D eigenvalue weighted by Crippen LogP contribution is 2.48. The smallest absolute Gasteiger partial charge is 0.278 e. The number of hydrogen-bond acceptors (Lipinski definition) is 1. The predicted octanol–water partition coefficient (Wildman–Crippen LogP) is 5.29. The zero-order valence-electron chi connectivity index (χ0n) is 13.6. The minimum atomic E-state index is -4.03. The molecule has 1 radical (unpaired) electrons. The largest absolute Gasteiger partial charge is 0.333 e. The van der Waals surface area contributed by atoms with Crippen molar-refractivity contribution in [2.24, 2.45) is 0 Å². The third-order valence-electron chi connectivity index (χ3n) is 3.93. The van der Waals surface area contributed by atoms with E-state index in [-0.39, 0.29) is 5.31 Å². The molecule has 0 fully saturated rings. The van der Waals surface area contributed by atoms with Gasteiger partial charge in [0.2, 0.25) is 0 Å². The summed E-state index contributed by atoms with van der Waals surface area (Å²) in [4.78, 5) is 18.5. The topological polar surface area (TPSA) is 57.5 Å². The third kappa shape index (κ3) is 12.0. The summed E-state index contributed by atoms with van der Waals surface area (Å²) < 4.78 is 11.3. The summed E-state index contributed by atoms with van der Waals surface area (Å²) >= 11 is 0. The van der Waals surface area contributed by atoms with Crippen LogP contribution < -0.4 is 0 Å². The summed E-state index contributed by atoms with van der Waals surface area (Å²) in [6.45, 7) is 7.69. The zero-order chi connectivity index (χ0) is 15.5. The lowest BCUT2D eigenvalue weighted by Crippen LogP contribution is -2.18. The van der Waals surface area contributed by atoms with Gasteiger partial charge in [-0.3, -0.25) is 4.57 Å². The van der Waals surface area contributed by atoms with Gasteiger partial charge in [-0.05, 0) is 5.31 Å². The van der Waals surface area contributed by atoms with Crippen LogP contribution in [-0.4, -0.2) is 16.8 Å². The Labute approximate surface area is 126 Å². The molecular weight excluding hydrogens is 270 g/mol. The average Bonchev–Trinajstić information content (AvgIpc) is 2.32. The van der Waals surface area contributed by atoms with Gasteiger partial charge in [0, 0.05) is 0 Å². The van der Waals surface area contributed by atoms with Crippen LogP contribution >= 0.6 is 7.47 Å². The fraction of sp³-hybridized carbons (Fsp3) is 1.00. The summed E-state index contributed by atoms with van der Waals surface area (Å²) in [5.41, 5.74) is 0. The van der Waals surface area contributed by atoms with Crippen LogP contribution in [0.1, 0.15) is 91.4 Å². The van der Waals surface area contributed by atoms with Crippen molar-refractivity contribution in [2.45, 2.75) is 96.7 Å². The molecule has 5 heteroatoms. The Morgan fingerprint density at radius 3 is 1.65 bits per heavy atom. The summed E-state index contributed by atoms with van der Waals surface area (Å²) in [6.07, 6.45) is 12.4. The maximum Gasteiger partial charge on any atom is 0.278 e. The van der Waals surface area contributed by atoms with E-state index in [9.17, 15) is 14.4 Å². The van der Waals surface area contributed by atoms with E-state index < -0.39 is 7.47 Å². The molecule has 0 bridgehead atoms. The summed E-state index contributed by atoms with van der Waals surface area (Å²) in [5.74, 6) is 0. The van der Waals surface area contributed by atoms with E-state index in [0.29, 0.717) is 0 Å². The highest BCUT2D eigenvalue weighted by Gasteiger charge is 2.33. The Hall–Kier alpha value is 0.215. The van der Waals surface area contributed by atoms with Crippen molar-refractivity contribution in [2.75, 3.05) is 0 Å². The van der Waals surface area contributed by atoms with Gasteiger partial charge in [-0.25, -0.2) is 0 Å². The molecule has 1 unspecified atom stereocenters. The molecule has 3 nitrogen and oxygen atoms in total. The molecule has 0 saturated heterocycles. The molecule has 20 heavy (non-hydrogen) atoms. The molecule has 2 N–H and O–H groups in total. The van der Waals surface area contributed by atoms with E-state index in [1.807, 2.05) is 6.92 Å². The molecule has 1 atom stereocenters. The van der Waals surface area contributed by atoms with E-state index in [2.05, 4.69) is 13.8 Å². The van der Waals surface area contributed by atoms with Gasteiger partial charge in [0.15, 0.2) is 0 Å². The first kappa shape index (κ1) is 20.2. The summed E-state index contributed by atoms with van der Waals surface area (Å²) in [7, 11) is -4.03. The van der Waals surface area contributed by atoms with Crippen molar-refractivity contribution >= 4 is 14.5 Å². The first-order chi connectivity index (χ1) is 9.33. The third-order valence-corrected chi connectivity index (χ3v) is 4.89. The van der Waals surface area contributed by atoms with Gasteiger partial charge in [-0.2, -0.15) is 0 Å². The lowest BCUT2D eigenvalue weighted by atomic mass is 9.63. The van der Waals surface area contributed by atoms with Crippen LogP contribution in [0.25, 0.3) is 0 Å². The molecule has 0 aromatic heterocycles. The second-order valence-corrected chi connectivity index (χ2v) is 7.78. The second-order valence-electron chi connectivity index (χ2n) is 6.35. The predicted molar refractivity (Wildman–Crippen MR) is 88.3 cm³/mol. The van der Waals surface area contributed by atoms with Gasteiger partial charge in [-0.1, -0.05) is 91.4 Å². The van der Waals surface area contributed by atoms with Crippen molar-refractivity contribution in [3.05, 3.63) is 0 Å². The molecule has 0 spiro atoms. The van der Waals surface area contributed by atoms with Crippen molar-refractivity contribution in [1.29, 1.82) is 0 Å². The van der Waals surface area contributed by atoms with Crippen LogP contribution in [0.5, 0.6) is 0 Å². The van der Waals surface area contributed by atoms with Crippen molar-refractivity contribution in [1.82, 2.24) is 0 Å². The minimum Gasteiger partial charge on any atom is -0.333 e. The molecule has 0 rings (SSSR count). The quantitative estimate of drug-likeness (QED) is 0.276. The van der Waals surface area contributed by atoms with Crippen LogP contribution in [0.4, 0.5) is 0 Å². The zero-order valence-corrected chi connectivity index (χ0v) is 14.5. The monoisotopic (exact) mass is 303 g/mol. The molecule has 0 aliphatic heterocycles. The molecule has 0 aliphatic rings. The van der Waals surface area contributed by atoms with E-state index in [1.54, 1.807) is 0 Å². The average molecular weight is 303 g/mol. The standard InChI is InChI=1S/C15H33BO3P/c1-4-6-8-10-12-14-15(3,16-20(17,18)19)13-11-9-7-5-2/h4-14H2,1-3H3,(H2,17,18,19). The Bertz CT molecular complexity index is 280. The van der Waals surface area contributed by atoms with Crippen LogP contribution in [0.3, 0.4) is 0 Å².